The monoisotopic (exact) mass is 388 g/mol. The standard InChI is InChI=1S/C24H24N2O3/c1-28-17-11-12-22(29-2)19(14-17)20-10-5-13-25(20)15-26-21-9-4-7-16-6-3-8-18(23(16)21)24(26)27/h3-4,6-9,11-12,14,20H,5,10,13,15H2,1-2H3/t20-/m1/s1. The number of ether oxygens (including phenoxy) is 2. The summed E-state index contributed by atoms with van der Waals surface area (Å²) in [4.78, 5) is 17.5. The lowest BCUT2D eigenvalue weighted by Crippen LogP contribution is -2.39. The third-order valence-electron chi connectivity index (χ3n) is 6.13. The Bertz CT molecular complexity index is 1090. The van der Waals surface area contributed by atoms with Gasteiger partial charge in [0.25, 0.3) is 5.91 Å². The molecule has 2 heterocycles. The average molecular weight is 388 g/mol. The van der Waals surface area contributed by atoms with Crippen LogP contribution in [0.5, 0.6) is 11.5 Å². The maximum atomic E-state index is 13.2. The molecular weight excluding hydrogens is 364 g/mol. The molecule has 1 amide bonds. The van der Waals surface area contributed by atoms with Crippen LogP contribution in [0.15, 0.2) is 54.6 Å². The summed E-state index contributed by atoms with van der Waals surface area (Å²) < 4.78 is 11.1. The quantitative estimate of drug-likeness (QED) is 0.640. The summed E-state index contributed by atoms with van der Waals surface area (Å²) >= 11 is 0. The van der Waals surface area contributed by atoms with Crippen molar-refractivity contribution in [2.45, 2.75) is 18.9 Å². The summed E-state index contributed by atoms with van der Waals surface area (Å²) in [7, 11) is 3.38. The smallest absolute Gasteiger partial charge is 0.260 e. The summed E-state index contributed by atoms with van der Waals surface area (Å²) in [5.41, 5.74) is 2.92. The van der Waals surface area contributed by atoms with E-state index < -0.39 is 0 Å². The van der Waals surface area contributed by atoms with Crippen LogP contribution in [0.1, 0.15) is 34.8 Å². The number of rotatable bonds is 5. The van der Waals surface area contributed by atoms with Crippen molar-refractivity contribution in [3.63, 3.8) is 0 Å². The number of nitrogens with zero attached hydrogens (tertiary/aromatic N) is 2. The number of carbonyl (C=O) groups is 1. The number of likely N-dealkylation sites (tertiary alicyclic amines) is 1. The SMILES string of the molecule is COc1ccc(OC)c([C@H]2CCCN2CN2C(=O)c3cccc4cccc2c34)c1. The van der Waals surface area contributed by atoms with Crippen molar-refractivity contribution in [1.82, 2.24) is 4.90 Å². The second-order valence-corrected chi connectivity index (χ2v) is 7.63. The van der Waals surface area contributed by atoms with Gasteiger partial charge in [-0.1, -0.05) is 24.3 Å². The Kier molecular flexibility index (Phi) is 4.40. The summed E-state index contributed by atoms with van der Waals surface area (Å²) in [5, 5.41) is 2.18. The van der Waals surface area contributed by atoms with E-state index >= 15 is 0 Å². The molecule has 0 bridgehead atoms. The Morgan fingerprint density at radius 1 is 1.03 bits per heavy atom. The van der Waals surface area contributed by atoms with Gasteiger partial charge in [-0.05, 0) is 48.6 Å². The molecular formula is C24H24N2O3. The van der Waals surface area contributed by atoms with Crippen molar-refractivity contribution in [2.75, 3.05) is 32.3 Å². The van der Waals surface area contributed by atoms with Crippen LogP contribution in [0.3, 0.4) is 0 Å². The Labute approximate surface area is 170 Å². The molecule has 0 saturated carbocycles. The highest BCUT2D eigenvalue weighted by atomic mass is 16.5. The fourth-order valence-electron chi connectivity index (χ4n) is 4.75. The first kappa shape index (κ1) is 18.0. The van der Waals surface area contributed by atoms with Gasteiger partial charge in [-0.25, -0.2) is 0 Å². The Hall–Kier alpha value is -3.05. The minimum Gasteiger partial charge on any atom is -0.497 e. The van der Waals surface area contributed by atoms with Crippen LogP contribution in [0.2, 0.25) is 0 Å². The largest absolute Gasteiger partial charge is 0.497 e. The highest BCUT2D eigenvalue weighted by Gasteiger charge is 2.35. The zero-order chi connectivity index (χ0) is 20.0. The Morgan fingerprint density at radius 3 is 2.66 bits per heavy atom. The van der Waals surface area contributed by atoms with Gasteiger partial charge in [-0.3, -0.25) is 14.6 Å². The molecule has 5 rings (SSSR count). The van der Waals surface area contributed by atoms with E-state index in [1.807, 2.05) is 41.3 Å². The van der Waals surface area contributed by atoms with Gasteiger partial charge in [0, 0.05) is 29.1 Å². The minimum absolute atomic E-state index is 0.0834. The highest BCUT2D eigenvalue weighted by molar-refractivity contribution is 6.24. The number of anilines is 1. The van der Waals surface area contributed by atoms with E-state index in [9.17, 15) is 4.79 Å². The van der Waals surface area contributed by atoms with Crippen molar-refractivity contribution in [3.8, 4) is 11.5 Å². The fraction of sp³-hybridized carbons (Fsp3) is 0.292. The lowest BCUT2D eigenvalue weighted by atomic mass is 10.0. The maximum absolute atomic E-state index is 13.2. The van der Waals surface area contributed by atoms with Gasteiger partial charge in [0.2, 0.25) is 0 Å². The molecule has 5 nitrogen and oxygen atoms in total. The highest BCUT2D eigenvalue weighted by Crippen LogP contribution is 2.42. The molecule has 2 aliphatic rings. The fourth-order valence-corrected chi connectivity index (χ4v) is 4.75. The average Bonchev–Trinajstić information content (AvgIpc) is 3.33. The van der Waals surface area contributed by atoms with Crippen LogP contribution in [-0.4, -0.2) is 38.2 Å². The zero-order valence-electron chi connectivity index (χ0n) is 16.7. The molecule has 0 N–H and O–H groups in total. The number of amides is 1. The van der Waals surface area contributed by atoms with Gasteiger partial charge in [-0.2, -0.15) is 0 Å². The second kappa shape index (κ2) is 7.08. The molecule has 148 valence electrons. The molecule has 2 aliphatic heterocycles. The Morgan fingerprint density at radius 2 is 1.86 bits per heavy atom. The third kappa shape index (κ3) is 2.85. The lowest BCUT2D eigenvalue weighted by molar-refractivity contribution is 0.0971. The van der Waals surface area contributed by atoms with Gasteiger partial charge in [0.15, 0.2) is 0 Å². The summed E-state index contributed by atoms with van der Waals surface area (Å²) in [6.45, 7) is 1.51. The van der Waals surface area contributed by atoms with Crippen LogP contribution in [0, 0.1) is 0 Å². The lowest BCUT2D eigenvalue weighted by Gasteiger charge is -2.30. The predicted octanol–water partition coefficient (Wildman–Crippen LogP) is 4.61. The molecule has 5 heteroatoms. The summed E-state index contributed by atoms with van der Waals surface area (Å²) in [6, 6.07) is 18.2. The summed E-state index contributed by atoms with van der Waals surface area (Å²) in [6.07, 6.45) is 2.12. The van der Waals surface area contributed by atoms with Gasteiger partial charge in [-0.15, -0.1) is 0 Å². The van der Waals surface area contributed by atoms with Gasteiger partial charge < -0.3 is 9.47 Å². The predicted molar refractivity (Wildman–Crippen MR) is 114 cm³/mol. The first-order chi connectivity index (χ1) is 14.2. The molecule has 3 aromatic carbocycles. The number of benzene rings is 3. The first-order valence-corrected chi connectivity index (χ1v) is 10.0. The number of methoxy groups -OCH3 is 2. The zero-order valence-corrected chi connectivity index (χ0v) is 16.7. The van der Waals surface area contributed by atoms with E-state index in [0.29, 0.717) is 6.67 Å². The number of hydrogen-bond donors (Lipinski definition) is 0. The van der Waals surface area contributed by atoms with Crippen molar-refractivity contribution in [3.05, 3.63) is 65.7 Å². The molecule has 0 aromatic heterocycles. The van der Waals surface area contributed by atoms with E-state index in [4.69, 9.17) is 9.47 Å². The van der Waals surface area contributed by atoms with E-state index in [1.54, 1.807) is 14.2 Å². The molecule has 0 spiro atoms. The van der Waals surface area contributed by atoms with Crippen molar-refractivity contribution >= 4 is 22.4 Å². The van der Waals surface area contributed by atoms with E-state index in [2.05, 4.69) is 23.1 Å². The van der Waals surface area contributed by atoms with Crippen LogP contribution < -0.4 is 14.4 Å². The van der Waals surface area contributed by atoms with Crippen molar-refractivity contribution in [2.24, 2.45) is 0 Å². The normalized spacial score (nSPS) is 18.6. The van der Waals surface area contributed by atoms with Gasteiger partial charge in [0.1, 0.15) is 11.5 Å². The Balaban J connectivity index is 1.49. The molecule has 3 aromatic rings. The molecule has 1 atom stereocenters. The maximum Gasteiger partial charge on any atom is 0.260 e. The van der Waals surface area contributed by atoms with E-state index in [0.717, 1.165) is 58.5 Å². The van der Waals surface area contributed by atoms with Crippen LogP contribution in [0.4, 0.5) is 5.69 Å². The summed E-state index contributed by atoms with van der Waals surface area (Å²) in [5.74, 6) is 1.77. The molecule has 0 radical (unpaired) electrons. The molecule has 29 heavy (non-hydrogen) atoms. The van der Waals surface area contributed by atoms with Gasteiger partial charge in [0.05, 0.1) is 26.6 Å². The number of hydrogen-bond acceptors (Lipinski definition) is 4. The minimum atomic E-state index is 0.0834. The molecule has 0 unspecified atom stereocenters. The first-order valence-electron chi connectivity index (χ1n) is 10.0. The third-order valence-corrected chi connectivity index (χ3v) is 6.13. The van der Waals surface area contributed by atoms with E-state index in [-0.39, 0.29) is 11.9 Å². The topological polar surface area (TPSA) is 42.0 Å². The van der Waals surface area contributed by atoms with Crippen molar-refractivity contribution in [1.29, 1.82) is 0 Å². The van der Waals surface area contributed by atoms with E-state index in [1.165, 1.54) is 0 Å². The number of carbonyl (C=O) groups excluding carboxylic acids is 1. The van der Waals surface area contributed by atoms with Gasteiger partial charge >= 0.3 is 0 Å². The molecule has 1 fully saturated rings. The van der Waals surface area contributed by atoms with Crippen LogP contribution >= 0.6 is 0 Å². The van der Waals surface area contributed by atoms with Crippen molar-refractivity contribution < 1.29 is 14.3 Å². The second-order valence-electron chi connectivity index (χ2n) is 7.63. The van der Waals surface area contributed by atoms with Crippen LogP contribution in [-0.2, 0) is 0 Å². The van der Waals surface area contributed by atoms with Crippen LogP contribution in [0.25, 0.3) is 10.8 Å². The molecule has 1 saturated heterocycles. The molecule has 0 aliphatic carbocycles.